The summed E-state index contributed by atoms with van der Waals surface area (Å²) in [6.07, 6.45) is -4.96. The van der Waals surface area contributed by atoms with E-state index in [4.69, 9.17) is 5.11 Å². The number of carboxylic acids is 1. The van der Waals surface area contributed by atoms with Crippen LogP contribution in [-0.4, -0.2) is 28.3 Å². The van der Waals surface area contributed by atoms with Gasteiger partial charge in [0.25, 0.3) is 0 Å². The number of alkyl halides is 3. The van der Waals surface area contributed by atoms with Crippen LogP contribution in [-0.2, 0) is 17.5 Å². The molecule has 8 heteroatoms. The first-order valence-electron chi connectivity index (χ1n) is 4.29. The van der Waals surface area contributed by atoms with Gasteiger partial charge in [0.2, 0.25) is 0 Å². The molecule has 94 valence electrons. The van der Waals surface area contributed by atoms with Crippen molar-refractivity contribution in [2.75, 3.05) is 7.11 Å². The lowest BCUT2D eigenvalue weighted by atomic mass is 10.1. The van der Waals surface area contributed by atoms with Gasteiger partial charge in [-0.1, -0.05) is 0 Å². The Bertz CT molecular complexity index is 445. The number of methoxy groups -OCH3 is 1. The summed E-state index contributed by atoms with van der Waals surface area (Å²) in [6.45, 7) is -0.267. The second-order valence-corrected chi connectivity index (χ2v) is 3.09. The second kappa shape index (κ2) is 4.58. The number of halogens is 3. The van der Waals surface area contributed by atoms with E-state index in [0.717, 1.165) is 6.07 Å². The minimum absolute atomic E-state index is 0.206. The molecule has 2 N–H and O–H groups in total. The first-order valence-corrected chi connectivity index (χ1v) is 4.29. The Balaban J connectivity index is 3.45. The van der Waals surface area contributed by atoms with Crippen LogP contribution in [0.4, 0.5) is 13.2 Å². The lowest BCUT2D eigenvalue weighted by molar-refractivity contribution is -0.142. The molecule has 0 aliphatic carbocycles. The van der Waals surface area contributed by atoms with Crippen LogP contribution in [0.15, 0.2) is 6.07 Å². The first-order chi connectivity index (χ1) is 7.77. The van der Waals surface area contributed by atoms with Gasteiger partial charge in [-0.25, -0.2) is 9.78 Å². The van der Waals surface area contributed by atoms with Crippen LogP contribution in [0.3, 0.4) is 0 Å². The highest BCUT2D eigenvalue weighted by molar-refractivity contribution is 5.92. The van der Waals surface area contributed by atoms with Crippen LogP contribution in [0.5, 0.6) is 5.75 Å². The predicted octanol–water partition coefficient (Wildman–Crippen LogP) is 1.65. The molecule has 0 aliphatic rings. The molecule has 0 unspecified atom stereocenters. The average Bonchev–Trinajstić information content (AvgIpc) is 2.15. The summed E-state index contributed by atoms with van der Waals surface area (Å²) in [5, 5.41) is 17.9. The maximum atomic E-state index is 12.5. The number of ether oxygens (including phenoxy) is 1. The van der Waals surface area contributed by atoms with Crippen molar-refractivity contribution in [3.05, 3.63) is 23.0 Å². The van der Waals surface area contributed by atoms with Gasteiger partial charge in [0, 0.05) is 13.2 Å². The Morgan fingerprint density at radius 1 is 1.53 bits per heavy atom. The summed E-state index contributed by atoms with van der Waals surface area (Å²) >= 11 is 0. The van der Waals surface area contributed by atoms with Crippen LogP contribution < -0.4 is 0 Å². The van der Waals surface area contributed by atoms with E-state index in [9.17, 15) is 23.1 Å². The van der Waals surface area contributed by atoms with Gasteiger partial charge in [-0.2, -0.15) is 13.2 Å². The van der Waals surface area contributed by atoms with Crippen molar-refractivity contribution >= 4 is 5.97 Å². The fourth-order valence-electron chi connectivity index (χ4n) is 1.22. The van der Waals surface area contributed by atoms with Crippen molar-refractivity contribution < 1.29 is 32.9 Å². The minimum atomic E-state index is -4.96. The van der Waals surface area contributed by atoms with Gasteiger partial charge in [0.15, 0.2) is 5.69 Å². The monoisotopic (exact) mass is 251 g/mol. The topological polar surface area (TPSA) is 79.7 Å². The Labute approximate surface area is 93.5 Å². The molecule has 1 aromatic heterocycles. The van der Waals surface area contributed by atoms with Gasteiger partial charge >= 0.3 is 12.1 Å². The van der Waals surface area contributed by atoms with Crippen LogP contribution in [0.25, 0.3) is 0 Å². The van der Waals surface area contributed by atoms with Gasteiger partial charge in [0.05, 0.1) is 12.3 Å². The fraction of sp³-hybridized carbons (Fsp3) is 0.333. The molecule has 0 atom stereocenters. The van der Waals surface area contributed by atoms with Crippen molar-refractivity contribution in [2.24, 2.45) is 0 Å². The van der Waals surface area contributed by atoms with Crippen molar-refractivity contribution in [1.29, 1.82) is 0 Å². The number of aromatic hydroxyl groups is 1. The minimum Gasteiger partial charge on any atom is -0.507 e. The summed E-state index contributed by atoms with van der Waals surface area (Å²) in [5.74, 6) is -2.89. The highest BCUT2D eigenvalue weighted by Crippen LogP contribution is 2.34. The first kappa shape index (κ1) is 13.2. The van der Waals surface area contributed by atoms with Crippen molar-refractivity contribution in [3.8, 4) is 5.75 Å². The normalized spacial score (nSPS) is 11.5. The molecule has 0 radical (unpaired) electrons. The van der Waals surface area contributed by atoms with E-state index in [1.54, 1.807) is 0 Å². The van der Waals surface area contributed by atoms with Crippen LogP contribution in [0.2, 0.25) is 0 Å². The zero-order chi connectivity index (χ0) is 13.2. The van der Waals surface area contributed by atoms with E-state index < -0.39 is 29.2 Å². The van der Waals surface area contributed by atoms with Crippen molar-refractivity contribution in [2.45, 2.75) is 12.8 Å². The third-order valence-corrected chi connectivity index (χ3v) is 1.83. The third kappa shape index (κ3) is 2.84. The van der Waals surface area contributed by atoms with Crippen molar-refractivity contribution in [3.63, 3.8) is 0 Å². The number of hydrogen-bond donors (Lipinski definition) is 2. The number of pyridine rings is 1. The molecule has 5 nitrogen and oxygen atoms in total. The Kier molecular flexibility index (Phi) is 3.56. The number of rotatable bonds is 3. The van der Waals surface area contributed by atoms with Gasteiger partial charge in [-0.05, 0) is 0 Å². The van der Waals surface area contributed by atoms with E-state index in [1.165, 1.54) is 7.11 Å². The number of hydrogen-bond acceptors (Lipinski definition) is 4. The van der Waals surface area contributed by atoms with Crippen LogP contribution in [0, 0.1) is 0 Å². The maximum Gasteiger partial charge on any atom is 0.434 e. The molecule has 0 saturated heterocycles. The number of carboxylic acid groups (broad SMARTS) is 1. The molecule has 0 aliphatic heterocycles. The van der Waals surface area contributed by atoms with Crippen LogP contribution in [0.1, 0.15) is 21.7 Å². The largest absolute Gasteiger partial charge is 0.507 e. The molecule has 1 heterocycles. The standard InChI is InChI=1S/C9H8F3NO4/c1-17-3-4-2-5(14)6(8(15)16)7(13-4)9(10,11)12/h2H,3H2,1H3,(H,13,14)(H,15,16). The van der Waals surface area contributed by atoms with E-state index in [0.29, 0.717) is 0 Å². The summed E-state index contributed by atoms with van der Waals surface area (Å²) < 4.78 is 42.2. The lowest BCUT2D eigenvalue weighted by Crippen LogP contribution is -2.17. The quantitative estimate of drug-likeness (QED) is 0.853. The Morgan fingerprint density at radius 3 is 2.53 bits per heavy atom. The smallest absolute Gasteiger partial charge is 0.434 e. The van der Waals surface area contributed by atoms with Crippen LogP contribution >= 0.6 is 0 Å². The summed E-state index contributed by atoms with van der Waals surface area (Å²) in [7, 11) is 1.23. The third-order valence-electron chi connectivity index (χ3n) is 1.83. The number of nitrogens with zero attached hydrogens (tertiary/aromatic N) is 1. The molecule has 0 saturated carbocycles. The summed E-state index contributed by atoms with van der Waals surface area (Å²) in [6, 6.07) is 0.822. The number of aromatic carboxylic acids is 1. The van der Waals surface area contributed by atoms with Gasteiger partial charge in [-0.15, -0.1) is 0 Å². The molecule has 0 amide bonds. The van der Waals surface area contributed by atoms with E-state index in [2.05, 4.69) is 9.72 Å². The second-order valence-electron chi connectivity index (χ2n) is 3.09. The SMILES string of the molecule is COCc1cc(O)c(C(=O)O)c(C(F)(F)F)n1. The molecule has 1 rings (SSSR count). The fourth-order valence-corrected chi connectivity index (χ4v) is 1.22. The molecular weight excluding hydrogens is 243 g/mol. The molecule has 1 aromatic rings. The molecule has 0 aromatic carbocycles. The van der Waals surface area contributed by atoms with E-state index >= 15 is 0 Å². The Morgan fingerprint density at radius 2 is 2.12 bits per heavy atom. The highest BCUT2D eigenvalue weighted by Gasteiger charge is 2.39. The zero-order valence-corrected chi connectivity index (χ0v) is 8.58. The van der Waals surface area contributed by atoms with Crippen molar-refractivity contribution in [1.82, 2.24) is 4.98 Å². The van der Waals surface area contributed by atoms with E-state index in [-0.39, 0.29) is 12.3 Å². The molecular formula is C9H8F3NO4. The summed E-state index contributed by atoms with van der Waals surface area (Å²) in [4.78, 5) is 13.8. The predicted molar refractivity (Wildman–Crippen MR) is 48.6 cm³/mol. The number of aromatic nitrogens is 1. The summed E-state index contributed by atoms with van der Waals surface area (Å²) in [5.41, 5.74) is -3.11. The molecule has 17 heavy (non-hydrogen) atoms. The molecule has 0 fully saturated rings. The molecule has 0 spiro atoms. The highest BCUT2D eigenvalue weighted by atomic mass is 19.4. The van der Waals surface area contributed by atoms with Gasteiger partial charge < -0.3 is 14.9 Å². The van der Waals surface area contributed by atoms with Gasteiger partial charge in [-0.3, -0.25) is 0 Å². The number of carbonyl (C=O) groups is 1. The average molecular weight is 251 g/mol. The van der Waals surface area contributed by atoms with Gasteiger partial charge in [0.1, 0.15) is 11.3 Å². The maximum absolute atomic E-state index is 12.5. The Hall–Kier alpha value is -1.83. The zero-order valence-electron chi connectivity index (χ0n) is 8.58. The lowest BCUT2D eigenvalue weighted by Gasteiger charge is -2.12. The molecule has 0 bridgehead atoms. The van der Waals surface area contributed by atoms with E-state index in [1.807, 2.05) is 0 Å².